The molecule has 4 rings (SSSR count). The SMILES string of the molecule is CN1CCCC2CN(c3ccc4cc(C=O)sc4n3)CCC21. The number of hydrogen-bond acceptors (Lipinski definition) is 5. The summed E-state index contributed by atoms with van der Waals surface area (Å²) in [5, 5.41) is 1.07. The Morgan fingerprint density at radius 2 is 2.23 bits per heavy atom. The normalized spacial score (nSPS) is 26.1. The first kappa shape index (κ1) is 14.2. The molecule has 0 aliphatic carbocycles. The third-order valence-electron chi connectivity index (χ3n) is 5.17. The number of anilines is 1. The van der Waals surface area contributed by atoms with Gasteiger partial charge < -0.3 is 9.80 Å². The van der Waals surface area contributed by atoms with Crippen LogP contribution in [0, 0.1) is 5.92 Å². The average molecular weight is 315 g/mol. The molecular formula is C17H21N3OS. The van der Waals surface area contributed by atoms with E-state index in [0.717, 1.165) is 52.2 Å². The standard InChI is InChI=1S/C17H21N3OS/c1-19-7-2-3-13-10-20(8-6-15(13)19)16-5-4-12-9-14(11-21)22-17(12)18-16/h4-5,9,11,13,15H,2-3,6-8,10H2,1H3. The van der Waals surface area contributed by atoms with Gasteiger partial charge in [-0.2, -0.15) is 0 Å². The van der Waals surface area contributed by atoms with Crippen LogP contribution in [0.15, 0.2) is 18.2 Å². The van der Waals surface area contributed by atoms with Crippen molar-refractivity contribution in [1.29, 1.82) is 0 Å². The van der Waals surface area contributed by atoms with Gasteiger partial charge in [-0.3, -0.25) is 4.79 Å². The number of fused-ring (bicyclic) bond motifs is 2. The molecule has 2 saturated heterocycles. The van der Waals surface area contributed by atoms with Crippen LogP contribution in [0.4, 0.5) is 5.82 Å². The number of hydrogen-bond donors (Lipinski definition) is 0. The van der Waals surface area contributed by atoms with Crippen molar-refractivity contribution < 1.29 is 4.79 Å². The topological polar surface area (TPSA) is 36.4 Å². The van der Waals surface area contributed by atoms with Gasteiger partial charge in [-0.15, -0.1) is 11.3 Å². The quantitative estimate of drug-likeness (QED) is 0.798. The Kier molecular flexibility index (Phi) is 3.62. The molecule has 0 radical (unpaired) electrons. The highest BCUT2D eigenvalue weighted by Gasteiger charge is 2.34. The molecule has 0 saturated carbocycles. The fourth-order valence-electron chi connectivity index (χ4n) is 4.02. The molecule has 5 heteroatoms. The summed E-state index contributed by atoms with van der Waals surface area (Å²) in [6.07, 6.45) is 4.79. The number of carbonyl (C=O) groups is 1. The number of piperidine rings is 2. The number of aromatic nitrogens is 1. The van der Waals surface area contributed by atoms with Gasteiger partial charge in [0.05, 0.1) is 4.88 Å². The molecule has 22 heavy (non-hydrogen) atoms. The molecule has 2 unspecified atom stereocenters. The molecule has 4 nitrogen and oxygen atoms in total. The first-order valence-corrected chi connectivity index (χ1v) is 8.87. The molecule has 2 atom stereocenters. The van der Waals surface area contributed by atoms with Gasteiger partial charge in [0.15, 0.2) is 6.29 Å². The molecule has 2 aliphatic rings. The van der Waals surface area contributed by atoms with E-state index in [9.17, 15) is 4.79 Å². The molecule has 2 aliphatic heterocycles. The number of nitrogens with zero attached hydrogens (tertiary/aromatic N) is 3. The minimum Gasteiger partial charge on any atom is -0.356 e. The van der Waals surface area contributed by atoms with E-state index < -0.39 is 0 Å². The summed E-state index contributed by atoms with van der Waals surface area (Å²) in [4.78, 5) is 22.4. The van der Waals surface area contributed by atoms with Crippen LogP contribution in [0.25, 0.3) is 10.2 Å². The van der Waals surface area contributed by atoms with Crippen LogP contribution in [0.2, 0.25) is 0 Å². The Bertz CT molecular complexity index is 698. The van der Waals surface area contributed by atoms with E-state index in [-0.39, 0.29) is 0 Å². The lowest BCUT2D eigenvalue weighted by Crippen LogP contribution is -2.52. The zero-order chi connectivity index (χ0) is 15.1. The van der Waals surface area contributed by atoms with Crippen molar-refractivity contribution in [2.24, 2.45) is 5.92 Å². The van der Waals surface area contributed by atoms with Crippen LogP contribution in [-0.4, -0.2) is 48.9 Å². The van der Waals surface area contributed by atoms with Gasteiger partial charge in [0.1, 0.15) is 10.6 Å². The largest absolute Gasteiger partial charge is 0.356 e. The van der Waals surface area contributed by atoms with Crippen molar-refractivity contribution in [2.45, 2.75) is 25.3 Å². The summed E-state index contributed by atoms with van der Waals surface area (Å²) >= 11 is 1.48. The molecule has 2 aromatic rings. The summed E-state index contributed by atoms with van der Waals surface area (Å²) < 4.78 is 0. The highest BCUT2D eigenvalue weighted by Crippen LogP contribution is 2.32. The van der Waals surface area contributed by atoms with Crippen molar-refractivity contribution in [1.82, 2.24) is 9.88 Å². The number of rotatable bonds is 2. The molecule has 0 bridgehead atoms. The Labute approximate surface area is 134 Å². The summed E-state index contributed by atoms with van der Waals surface area (Å²) in [7, 11) is 2.27. The maximum atomic E-state index is 10.9. The summed E-state index contributed by atoms with van der Waals surface area (Å²) in [6.45, 7) is 3.43. The molecule has 2 aromatic heterocycles. The Morgan fingerprint density at radius 3 is 3.09 bits per heavy atom. The minimum absolute atomic E-state index is 0.747. The predicted molar refractivity (Wildman–Crippen MR) is 91.0 cm³/mol. The van der Waals surface area contributed by atoms with Gasteiger partial charge in [0.25, 0.3) is 0 Å². The second kappa shape index (κ2) is 5.63. The van der Waals surface area contributed by atoms with Gasteiger partial charge in [0, 0.05) is 24.5 Å². The van der Waals surface area contributed by atoms with Gasteiger partial charge in [0.2, 0.25) is 0 Å². The highest BCUT2D eigenvalue weighted by molar-refractivity contribution is 7.20. The first-order valence-electron chi connectivity index (χ1n) is 8.05. The van der Waals surface area contributed by atoms with E-state index in [1.165, 1.54) is 37.1 Å². The number of likely N-dealkylation sites (tertiary alicyclic amines) is 1. The Balaban J connectivity index is 1.58. The molecule has 2 fully saturated rings. The minimum atomic E-state index is 0.747. The zero-order valence-electron chi connectivity index (χ0n) is 12.9. The second-order valence-electron chi connectivity index (χ2n) is 6.52. The number of thiophene rings is 1. The van der Waals surface area contributed by atoms with Gasteiger partial charge in [-0.1, -0.05) is 0 Å². The first-order chi connectivity index (χ1) is 10.7. The second-order valence-corrected chi connectivity index (χ2v) is 7.58. The molecular weight excluding hydrogens is 294 g/mol. The van der Waals surface area contributed by atoms with Gasteiger partial charge in [-0.05, 0) is 57.0 Å². The van der Waals surface area contributed by atoms with Crippen LogP contribution in [0.1, 0.15) is 28.9 Å². The van der Waals surface area contributed by atoms with Crippen molar-refractivity contribution >= 4 is 33.7 Å². The number of aldehydes is 1. The molecule has 4 heterocycles. The van der Waals surface area contributed by atoms with E-state index in [4.69, 9.17) is 4.98 Å². The van der Waals surface area contributed by atoms with Crippen molar-refractivity contribution in [3.63, 3.8) is 0 Å². The third kappa shape index (κ3) is 2.42. The lowest BCUT2D eigenvalue weighted by atomic mass is 9.84. The van der Waals surface area contributed by atoms with Crippen LogP contribution >= 0.6 is 11.3 Å². The zero-order valence-corrected chi connectivity index (χ0v) is 13.7. The molecule has 0 N–H and O–H groups in total. The molecule has 0 spiro atoms. The molecule has 116 valence electrons. The van der Waals surface area contributed by atoms with E-state index in [2.05, 4.69) is 29.0 Å². The predicted octanol–water partition coefficient (Wildman–Crippen LogP) is 3.03. The van der Waals surface area contributed by atoms with Gasteiger partial charge in [-0.25, -0.2) is 4.98 Å². The third-order valence-corrected chi connectivity index (χ3v) is 6.14. The number of pyridine rings is 1. The maximum Gasteiger partial charge on any atom is 0.160 e. The maximum absolute atomic E-state index is 10.9. The van der Waals surface area contributed by atoms with E-state index in [0.29, 0.717) is 0 Å². The lowest BCUT2D eigenvalue weighted by Gasteiger charge is -2.46. The lowest BCUT2D eigenvalue weighted by molar-refractivity contribution is 0.102. The Hall–Kier alpha value is -1.46. The van der Waals surface area contributed by atoms with Crippen LogP contribution in [0.5, 0.6) is 0 Å². The summed E-state index contributed by atoms with van der Waals surface area (Å²) in [5.41, 5.74) is 0. The van der Waals surface area contributed by atoms with E-state index in [1.807, 2.05) is 6.07 Å². The van der Waals surface area contributed by atoms with E-state index in [1.54, 1.807) is 0 Å². The van der Waals surface area contributed by atoms with Crippen molar-refractivity contribution in [3.05, 3.63) is 23.1 Å². The Morgan fingerprint density at radius 1 is 1.32 bits per heavy atom. The monoisotopic (exact) mass is 315 g/mol. The highest BCUT2D eigenvalue weighted by atomic mass is 32.1. The molecule has 0 amide bonds. The van der Waals surface area contributed by atoms with Crippen molar-refractivity contribution in [3.8, 4) is 0 Å². The van der Waals surface area contributed by atoms with Crippen LogP contribution in [-0.2, 0) is 0 Å². The van der Waals surface area contributed by atoms with Crippen molar-refractivity contribution in [2.75, 3.05) is 31.6 Å². The molecule has 0 aromatic carbocycles. The average Bonchev–Trinajstić information content (AvgIpc) is 2.97. The smallest absolute Gasteiger partial charge is 0.160 e. The van der Waals surface area contributed by atoms with Crippen LogP contribution in [0.3, 0.4) is 0 Å². The van der Waals surface area contributed by atoms with E-state index >= 15 is 0 Å². The fourth-order valence-corrected chi connectivity index (χ4v) is 4.86. The number of carbonyl (C=O) groups excluding carboxylic acids is 1. The van der Waals surface area contributed by atoms with Crippen LogP contribution < -0.4 is 4.90 Å². The summed E-state index contributed by atoms with van der Waals surface area (Å²) in [5.74, 6) is 1.83. The summed E-state index contributed by atoms with van der Waals surface area (Å²) in [6, 6.07) is 6.88. The van der Waals surface area contributed by atoms with Gasteiger partial charge >= 0.3 is 0 Å². The fraction of sp³-hybridized carbons (Fsp3) is 0.529.